The van der Waals surface area contributed by atoms with Gasteiger partial charge in [-0.05, 0) is 61.7 Å². The van der Waals surface area contributed by atoms with E-state index in [9.17, 15) is 4.79 Å². The highest BCUT2D eigenvalue weighted by molar-refractivity contribution is 7.99. The number of imidazole rings is 1. The van der Waals surface area contributed by atoms with E-state index in [4.69, 9.17) is 11.6 Å². The van der Waals surface area contributed by atoms with Crippen molar-refractivity contribution < 1.29 is 4.79 Å². The molecule has 0 spiro atoms. The lowest BCUT2D eigenvalue weighted by Crippen LogP contribution is -2.18. The topological polar surface area (TPSA) is 50.2 Å². The van der Waals surface area contributed by atoms with Gasteiger partial charge in [-0.1, -0.05) is 23.4 Å². The fraction of sp³-hybridized carbons (Fsp3) is 0.333. The van der Waals surface area contributed by atoms with Gasteiger partial charge in [0.25, 0.3) is 0 Å². The van der Waals surface area contributed by atoms with Crippen LogP contribution in [0.4, 0.5) is 11.4 Å². The molecular formula is C21H23ClN4OS. The van der Waals surface area contributed by atoms with Gasteiger partial charge in [0, 0.05) is 36.5 Å². The van der Waals surface area contributed by atoms with Crippen LogP contribution in [0.2, 0.25) is 5.02 Å². The van der Waals surface area contributed by atoms with Crippen molar-refractivity contribution in [2.75, 3.05) is 29.1 Å². The summed E-state index contributed by atoms with van der Waals surface area (Å²) < 4.78 is 1.99. The minimum atomic E-state index is -0.0351. The molecule has 0 atom stereocenters. The highest BCUT2D eigenvalue weighted by Crippen LogP contribution is 2.27. The second-order valence-corrected chi connectivity index (χ2v) is 8.50. The maximum atomic E-state index is 12.5. The molecule has 1 aromatic heterocycles. The van der Waals surface area contributed by atoms with Crippen molar-refractivity contribution in [1.29, 1.82) is 0 Å². The first-order valence-corrected chi connectivity index (χ1v) is 10.8. The van der Waals surface area contributed by atoms with Gasteiger partial charge >= 0.3 is 0 Å². The van der Waals surface area contributed by atoms with Crippen LogP contribution in [0.5, 0.6) is 0 Å². The Morgan fingerprint density at radius 2 is 2.00 bits per heavy atom. The largest absolute Gasteiger partial charge is 0.372 e. The van der Waals surface area contributed by atoms with Crippen LogP contribution < -0.4 is 10.2 Å². The number of aryl methyl sites for hydroxylation is 2. The number of halogens is 1. The Labute approximate surface area is 174 Å². The normalized spacial score (nSPS) is 14.0. The summed E-state index contributed by atoms with van der Waals surface area (Å²) in [6, 6.07) is 11.9. The zero-order valence-corrected chi connectivity index (χ0v) is 17.6. The number of rotatable bonds is 5. The standard InChI is InChI=1S/C21H23ClN4OS/c1-14-11-16(26-9-3-4-10-26)6-7-17(14)23-20(27)13-28-21-24-18-12-15(22)5-8-19(18)25(21)2/h5-8,11-12H,3-4,9-10,13H2,1-2H3,(H,23,27). The van der Waals surface area contributed by atoms with Crippen molar-refractivity contribution in [3.05, 3.63) is 47.0 Å². The van der Waals surface area contributed by atoms with Crippen molar-refractivity contribution >= 4 is 51.7 Å². The van der Waals surface area contributed by atoms with Crippen molar-refractivity contribution in [1.82, 2.24) is 9.55 Å². The molecule has 5 nitrogen and oxygen atoms in total. The second-order valence-electron chi connectivity index (χ2n) is 7.12. The number of fused-ring (bicyclic) bond motifs is 1. The third kappa shape index (κ3) is 3.98. The summed E-state index contributed by atoms with van der Waals surface area (Å²) in [4.78, 5) is 19.4. The van der Waals surface area contributed by atoms with E-state index >= 15 is 0 Å². The van der Waals surface area contributed by atoms with Crippen LogP contribution in [0.3, 0.4) is 0 Å². The SMILES string of the molecule is Cc1cc(N2CCCC2)ccc1NC(=O)CSc1nc2cc(Cl)ccc2n1C. The van der Waals surface area contributed by atoms with Gasteiger partial charge in [-0.25, -0.2) is 4.98 Å². The summed E-state index contributed by atoms with van der Waals surface area (Å²) in [6.07, 6.45) is 2.51. The van der Waals surface area contributed by atoms with E-state index < -0.39 is 0 Å². The first-order chi connectivity index (χ1) is 13.5. The van der Waals surface area contributed by atoms with Crippen molar-refractivity contribution in [2.45, 2.75) is 24.9 Å². The molecule has 1 aliphatic rings. The van der Waals surface area contributed by atoms with Crippen molar-refractivity contribution in [3.8, 4) is 0 Å². The average Bonchev–Trinajstić information content (AvgIpc) is 3.30. The van der Waals surface area contributed by atoms with Crippen LogP contribution >= 0.6 is 23.4 Å². The zero-order chi connectivity index (χ0) is 19.7. The molecule has 7 heteroatoms. The highest BCUT2D eigenvalue weighted by atomic mass is 35.5. The van der Waals surface area contributed by atoms with Gasteiger partial charge in [-0.2, -0.15) is 0 Å². The van der Waals surface area contributed by atoms with E-state index in [2.05, 4.69) is 27.3 Å². The smallest absolute Gasteiger partial charge is 0.234 e. The van der Waals surface area contributed by atoms with Gasteiger partial charge in [0.15, 0.2) is 5.16 Å². The third-order valence-electron chi connectivity index (χ3n) is 5.09. The molecule has 0 saturated carbocycles. The van der Waals surface area contributed by atoms with E-state index in [1.165, 1.54) is 30.3 Å². The maximum absolute atomic E-state index is 12.5. The number of hydrogen-bond acceptors (Lipinski definition) is 4. The van der Waals surface area contributed by atoms with Gasteiger partial charge < -0.3 is 14.8 Å². The molecule has 1 saturated heterocycles. The molecule has 0 aliphatic carbocycles. The molecular weight excluding hydrogens is 392 g/mol. The Balaban J connectivity index is 1.40. The summed E-state index contributed by atoms with van der Waals surface area (Å²) in [5.74, 6) is 0.269. The molecule has 1 fully saturated rings. The number of anilines is 2. The van der Waals surface area contributed by atoms with E-state index in [-0.39, 0.29) is 5.91 Å². The molecule has 1 amide bonds. The maximum Gasteiger partial charge on any atom is 0.234 e. The molecule has 4 rings (SSSR count). The number of nitrogens with zero attached hydrogens (tertiary/aromatic N) is 3. The molecule has 0 unspecified atom stereocenters. The molecule has 2 aromatic carbocycles. The summed E-state index contributed by atoms with van der Waals surface area (Å²) in [6.45, 7) is 4.27. The van der Waals surface area contributed by atoms with Crippen molar-refractivity contribution in [2.24, 2.45) is 7.05 Å². The third-order valence-corrected chi connectivity index (χ3v) is 6.35. The van der Waals surface area contributed by atoms with Gasteiger partial charge in [-0.15, -0.1) is 0 Å². The van der Waals surface area contributed by atoms with Gasteiger partial charge in [0.1, 0.15) is 0 Å². The number of benzene rings is 2. The molecule has 28 heavy (non-hydrogen) atoms. The Bertz CT molecular complexity index is 1030. The summed E-state index contributed by atoms with van der Waals surface area (Å²) in [5.41, 5.74) is 5.03. The summed E-state index contributed by atoms with van der Waals surface area (Å²) >= 11 is 7.47. The van der Waals surface area contributed by atoms with E-state index in [1.807, 2.05) is 42.8 Å². The average molecular weight is 415 g/mol. The van der Waals surface area contributed by atoms with Gasteiger partial charge in [-0.3, -0.25) is 4.79 Å². The molecule has 1 aliphatic heterocycles. The van der Waals surface area contributed by atoms with Gasteiger partial charge in [0.05, 0.1) is 16.8 Å². The number of nitrogens with one attached hydrogen (secondary N) is 1. The fourth-order valence-corrected chi connectivity index (χ4v) is 4.51. The molecule has 3 aromatic rings. The number of aromatic nitrogens is 2. The zero-order valence-electron chi connectivity index (χ0n) is 16.0. The molecule has 146 valence electrons. The predicted octanol–water partition coefficient (Wildman–Crippen LogP) is 4.87. The van der Waals surface area contributed by atoms with E-state index in [0.717, 1.165) is 40.5 Å². The predicted molar refractivity (Wildman–Crippen MR) is 118 cm³/mol. The lowest BCUT2D eigenvalue weighted by atomic mass is 10.1. The van der Waals surface area contributed by atoms with Crippen LogP contribution in [0, 0.1) is 6.92 Å². The first kappa shape index (κ1) is 19.2. The molecule has 2 heterocycles. The van der Waals surface area contributed by atoms with Crippen molar-refractivity contribution in [3.63, 3.8) is 0 Å². The summed E-state index contributed by atoms with van der Waals surface area (Å²) in [5, 5.41) is 4.48. The Morgan fingerprint density at radius 3 is 2.75 bits per heavy atom. The summed E-state index contributed by atoms with van der Waals surface area (Å²) in [7, 11) is 1.95. The lowest BCUT2D eigenvalue weighted by molar-refractivity contribution is -0.113. The number of carbonyl (C=O) groups is 1. The minimum Gasteiger partial charge on any atom is -0.372 e. The lowest BCUT2D eigenvalue weighted by Gasteiger charge is -2.19. The quantitative estimate of drug-likeness (QED) is 0.605. The molecule has 0 radical (unpaired) electrons. The monoisotopic (exact) mass is 414 g/mol. The number of amides is 1. The Hall–Kier alpha value is -2.18. The van der Waals surface area contributed by atoms with Crippen LogP contribution in [0.1, 0.15) is 18.4 Å². The van der Waals surface area contributed by atoms with Gasteiger partial charge in [0.2, 0.25) is 5.91 Å². The second kappa shape index (κ2) is 8.05. The minimum absolute atomic E-state index is 0.0351. The fourth-order valence-electron chi connectivity index (χ4n) is 3.56. The van der Waals surface area contributed by atoms with Crippen LogP contribution in [-0.4, -0.2) is 34.3 Å². The number of hydrogen-bond donors (Lipinski definition) is 1. The van der Waals surface area contributed by atoms with E-state index in [1.54, 1.807) is 0 Å². The first-order valence-electron chi connectivity index (χ1n) is 9.41. The number of carbonyl (C=O) groups excluding carboxylic acids is 1. The highest BCUT2D eigenvalue weighted by Gasteiger charge is 2.15. The van der Waals surface area contributed by atoms with Crippen LogP contribution in [-0.2, 0) is 11.8 Å². The van der Waals surface area contributed by atoms with Crippen LogP contribution in [0.15, 0.2) is 41.6 Å². The van der Waals surface area contributed by atoms with E-state index in [0.29, 0.717) is 10.8 Å². The number of thioether (sulfide) groups is 1. The Morgan fingerprint density at radius 1 is 1.21 bits per heavy atom. The Kier molecular flexibility index (Phi) is 5.51. The van der Waals surface area contributed by atoms with Crippen LogP contribution in [0.25, 0.3) is 11.0 Å². The molecule has 0 bridgehead atoms. The molecule has 1 N–H and O–H groups in total.